The zero-order valence-corrected chi connectivity index (χ0v) is 15.8. The summed E-state index contributed by atoms with van der Waals surface area (Å²) in [6.45, 7) is 7.68. The van der Waals surface area contributed by atoms with E-state index < -0.39 is 0 Å². The van der Waals surface area contributed by atoms with Gasteiger partial charge in [-0.3, -0.25) is 0 Å². The van der Waals surface area contributed by atoms with Gasteiger partial charge in [-0.05, 0) is 61.8 Å². The monoisotopic (exact) mass is 356 g/mol. The molecule has 3 aliphatic rings. The summed E-state index contributed by atoms with van der Waals surface area (Å²) in [5, 5.41) is 6.67. The molecule has 1 aliphatic carbocycles. The largest absolute Gasteiger partial charge is 0.497 e. The highest BCUT2D eigenvalue weighted by Gasteiger charge is 2.17. The van der Waals surface area contributed by atoms with Crippen molar-refractivity contribution < 1.29 is 14.2 Å². The summed E-state index contributed by atoms with van der Waals surface area (Å²) in [6.07, 6.45) is 9.02. The SMILES string of the molecule is COC1=CC=C2NCCOC2C=C1.Cc1cc(C)c2c(c1)NCCCO2. The van der Waals surface area contributed by atoms with Crippen molar-refractivity contribution in [3.05, 3.63) is 59.0 Å². The molecule has 26 heavy (non-hydrogen) atoms. The van der Waals surface area contributed by atoms with E-state index in [4.69, 9.17) is 14.2 Å². The average Bonchev–Trinajstić information content (AvgIpc) is 3.00. The minimum atomic E-state index is 0.0673. The second-order valence-corrected chi connectivity index (χ2v) is 6.56. The van der Waals surface area contributed by atoms with E-state index in [9.17, 15) is 0 Å². The number of rotatable bonds is 1. The highest BCUT2D eigenvalue weighted by Crippen LogP contribution is 2.31. The quantitative estimate of drug-likeness (QED) is 0.807. The number of methoxy groups -OCH3 is 1. The Labute approximate surface area is 155 Å². The number of ether oxygens (including phenoxy) is 3. The van der Waals surface area contributed by atoms with Crippen LogP contribution in [-0.4, -0.2) is 39.5 Å². The number of anilines is 1. The van der Waals surface area contributed by atoms with Gasteiger partial charge in [-0.15, -0.1) is 0 Å². The lowest BCUT2D eigenvalue weighted by molar-refractivity contribution is 0.0838. The first-order chi connectivity index (χ1) is 12.7. The predicted molar refractivity (Wildman–Crippen MR) is 105 cm³/mol. The lowest BCUT2D eigenvalue weighted by Gasteiger charge is -2.24. The van der Waals surface area contributed by atoms with Gasteiger partial charge in [0, 0.05) is 18.8 Å². The van der Waals surface area contributed by atoms with E-state index in [1.54, 1.807) is 7.11 Å². The Hall–Kier alpha value is -2.40. The number of fused-ring (bicyclic) bond motifs is 2. The number of benzene rings is 1. The van der Waals surface area contributed by atoms with Crippen LogP contribution in [0.25, 0.3) is 0 Å². The van der Waals surface area contributed by atoms with Crippen LogP contribution in [-0.2, 0) is 9.47 Å². The van der Waals surface area contributed by atoms with Gasteiger partial charge in [0.05, 0.1) is 26.0 Å². The van der Waals surface area contributed by atoms with Crippen molar-refractivity contribution >= 4 is 5.69 Å². The van der Waals surface area contributed by atoms with E-state index in [0.717, 1.165) is 55.6 Å². The molecule has 1 aromatic carbocycles. The Morgan fingerprint density at radius 2 is 1.96 bits per heavy atom. The van der Waals surface area contributed by atoms with Crippen LogP contribution in [0.3, 0.4) is 0 Å². The highest BCUT2D eigenvalue weighted by molar-refractivity contribution is 5.62. The van der Waals surface area contributed by atoms with Gasteiger partial charge in [-0.1, -0.05) is 6.07 Å². The van der Waals surface area contributed by atoms with Crippen molar-refractivity contribution in [2.45, 2.75) is 26.4 Å². The molecule has 5 heteroatoms. The summed E-state index contributed by atoms with van der Waals surface area (Å²) < 4.78 is 16.3. The van der Waals surface area contributed by atoms with Crippen molar-refractivity contribution in [1.82, 2.24) is 5.32 Å². The Balaban J connectivity index is 0.000000151. The topological polar surface area (TPSA) is 51.8 Å². The van der Waals surface area contributed by atoms with E-state index in [0.29, 0.717) is 0 Å². The minimum absolute atomic E-state index is 0.0673. The van der Waals surface area contributed by atoms with Crippen molar-refractivity contribution in [1.29, 1.82) is 0 Å². The Morgan fingerprint density at radius 3 is 2.81 bits per heavy atom. The van der Waals surface area contributed by atoms with Gasteiger partial charge in [0.2, 0.25) is 0 Å². The molecule has 0 aromatic heterocycles. The minimum Gasteiger partial charge on any atom is -0.497 e. The molecule has 0 saturated carbocycles. The second-order valence-electron chi connectivity index (χ2n) is 6.56. The number of hydrogen-bond acceptors (Lipinski definition) is 5. The first-order valence-electron chi connectivity index (χ1n) is 9.15. The molecule has 1 fully saturated rings. The number of allylic oxidation sites excluding steroid dienone is 3. The van der Waals surface area contributed by atoms with Crippen LogP contribution in [0.5, 0.6) is 5.75 Å². The molecule has 1 atom stereocenters. The average molecular weight is 356 g/mol. The first kappa shape index (κ1) is 18.4. The van der Waals surface area contributed by atoms with E-state index >= 15 is 0 Å². The molecule has 1 aromatic rings. The van der Waals surface area contributed by atoms with Crippen LogP contribution in [0.1, 0.15) is 17.5 Å². The Morgan fingerprint density at radius 1 is 1.08 bits per heavy atom. The normalized spacial score (nSPS) is 20.8. The smallest absolute Gasteiger partial charge is 0.145 e. The van der Waals surface area contributed by atoms with Crippen molar-refractivity contribution in [2.75, 3.05) is 38.7 Å². The molecule has 4 rings (SSSR count). The van der Waals surface area contributed by atoms with E-state index in [2.05, 4.69) is 36.6 Å². The zero-order chi connectivity index (χ0) is 18.4. The van der Waals surface area contributed by atoms with Crippen molar-refractivity contribution in [3.63, 3.8) is 0 Å². The number of nitrogens with one attached hydrogen (secondary N) is 2. The fourth-order valence-electron chi connectivity index (χ4n) is 3.18. The highest BCUT2D eigenvalue weighted by atomic mass is 16.5. The summed E-state index contributed by atoms with van der Waals surface area (Å²) in [5.74, 6) is 1.88. The van der Waals surface area contributed by atoms with Gasteiger partial charge < -0.3 is 24.8 Å². The van der Waals surface area contributed by atoms with Gasteiger partial charge >= 0.3 is 0 Å². The van der Waals surface area contributed by atoms with E-state index in [-0.39, 0.29) is 6.10 Å². The number of morpholine rings is 1. The molecular weight excluding hydrogens is 328 g/mol. The van der Waals surface area contributed by atoms with Crippen LogP contribution in [0.4, 0.5) is 5.69 Å². The number of aryl methyl sites for hydroxylation is 2. The van der Waals surface area contributed by atoms with Gasteiger partial charge in [0.15, 0.2) is 0 Å². The maximum absolute atomic E-state index is 5.67. The first-order valence-corrected chi connectivity index (χ1v) is 9.15. The third kappa shape index (κ3) is 4.61. The zero-order valence-electron chi connectivity index (χ0n) is 15.8. The van der Waals surface area contributed by atoms with Crippen LogP contribution in [0.2, 0.25) is 0 Å². The molecule has 5 nitrogen and oxygen atoms in total. The van der Waals surface area contributed by atoms with Gasteiger partial charge in [0.1, 0.15) is 17.6 Å². The molecule has 140 valence electrons. The molecule has 0 radical (unpaired) electrons. The van der Waals surface area contributed by atoms with E-state index in [1.807, 2.05) is 24.3 Å². The maximum atomic E-state index is 5.67. The molecule has 2 aliphatic heterocycles. The third-order valence-electron chi connectivity index (χ3n) is 4.44. The molecule has 1 unspecified atom stereocenters. The summed E-state index contributed by atoms with van der Waals surface area (Å²) in [4.78, 5) is 0. The van der Waals surface area contributed by atoms with Crippen LogP contribution in [0, 0.1) is 13.8 Å². The summed E-state index contributed by atoms with van der Waals surface area (Å²) in [5.41, 5.74) is 4.77. The standard InChI is InChI=1S/C11H15NO.C10H13NO2/c1-8-6-9(2)11-10(7-8)12-4-3-5-13-11;1-12-8-2-4-9-10(5-3-8)13-7-6-11-9/h6-7,12H,3-5H2,1-2H3;2-5,10-11H,6-7H2,1H3. The lowest BCUT2D eigenvalue weighted by Crippen LogP contribution is -2.34. The van der Waals surface area contributed by atoms with Crippen molar-refractivity contribution in [3.8, 4) is 5.75 Å². The molecule has 2 N–H and O–H groups in total. The maximum Gasteiger partial charge on any atom is 0.145 e. The van der Waals surface area contributed by atoms with Gasteiger partial charge in [-0.2, -0.15) is 0 Å². The molecule has 1 saturated heterocycles. The Kier molecular flexibility index (Phi) is 6.23. The molecule has 0 spiro atoms. The second kappa shape index (κ2) is 8.81. The molecule has 2 heterocycles. The van der Waals surface area contributed by atoms with E-state index in [1.165, 1.54) is 11.1 Å². The fourth-order valence-corrected chi connectivity index (χ4v) is 3.18. The summed E-state index contributed by atoms with van der Waals surface area (Å²) in [6, 6.07) is 4.31. The summed E-state index contributed by atoms with van der Waals surface area (Å²) in [7, 11) is 1.66. The molecule has 0 bridgehead atoms. The predicted octanol–water partition coefficient (Wildman–Crippen LogP) is 3.46. The lowest BCUT2D eigenvalue weighted by atomic mass is 10.1. The molecular formula is C21H28N2O3. The van der Waals surface area contributed by atoms with Crippen LogP contribution in [0.15, 0.2) is 47.9 Å². The van der Waals surface area contributed by atoms with Crippen molar-refractivity contribution in [2.24, 2.45) is 0 Å². The van der Waals surface area contributed by atoms with Gasteiger partial charge in [-0.25, -0.2) is 0 Å². The Bertz CT molecular complexity index is 722. The third-order valence-corrected chi connectivity index (χ3v) is 4.44. The molecule has 0 amide bonds. The van der Waals surface area contributed by atoms with Crippen LogP contribution < -0.4 is 15.4 Å². The fraction of sp³-hybridized carbons (Fsp3) is 0.429. The summed E-state index contributed by atoms with van der Waals surface area (Å²) >= 11 is 0. The van der Waals surface area contributed by atoms with Gasteiger partial charge in [0.25, 0.3) is 0 Å². The number of hydrogen-bond donors (Lipinski definition) is 2. The van der Waals surface area contributed by atoms with Crippen LogP contribution >= 0.6 is 0 Å².